The molecule has 6 nitrogen and oxygen atoms in total. The third-order valence-electron chi connectivity index (χ3n) is 5.05. The predicted octanol–water partition coefficient (Wildman–Crippen LogP) is 2.52. The summed E-state index contributed by atoms with van der Waals surface area (Å²) in [4.78, 5) is 29.8. The van der Waals surface area contributed by atoms with E-state index in [-0.39, 0.29) is 18.0 Å². The van der Waals surface area contributed by atoms with Crippen LogP contribution in [0.3, 0.4) is 0 Å². The minimum Gasteiger partial charge on any atom is -0.450 e. The van der Waals surface area contributed by atoms with Gasteiger partial charge in [-0.05, 0) is 38.1 Å². The zero-order valence-electron chi connectivity index (χ0n) is 16.9. The van der Waals surface area contributed by atoms with E-state index in [4.69, 9.17) is 4.74 Å². The van der Waals surface area contributed by atoms with Crippen LogP contribution in [0.2, 0.25) is 0 Å². The van der Waals surface area contributed by atoms with Gasteiger partial charge in [0.15, 0.2) is 6.04 Å². The van der Waals surface area contributed by atoms with Crippen molar-refractivity contribution in [1.29, 1.82) is 0 Å². The maximum absolute atomic E-state index is 12.9. The van der Waals surface area contributed by atoms with Gasteiger partial charge in [0.25, 0.3) is 5.91 Å². The Bertz CT molecular complexity index is 823. The van der Waals surface area contributed by atoms with E-state index >= 15 is 0 Å². The fourth-order valence-corrected chi connectivity index (χ4v) is 4.25. The topological polar surface area (TPSA) is 63.1 Å². The van der Waals surface area contributed by atoms with Crippen LogP contribution in [0.5, 0.6) is 0 Å². The first-order chi connectivity index (χ1) is 14.1. The van der Waals surface area contributed by atoms with E-state index in [0.717, 1.165) is 28.6 Å². The number of piperazine rings is 1. The molecule has 0 radical (unpaired) electrons. The van der Waals surface area contributed by atoms with Gasteiger partial charge in [0.05, 0.1) is 38.5 Å². The van der Waals surface area contributed by atoms with Gasteiger partial charge in [0.1, 0.15) is 0 Å². The summed E-state index contributed by atoms with van der Waals surface area (Å²) in [5.41, 5.74) is 0.822. The molecule has 29 heavy (non-hydrogen) atoms. The number of ether oxygens (including phenoxy) is 1. The number of carbonyl (C=O) groups is 2. The largest absolute Gasteiger partial charge is 0.450 e. The summed E-state index contributed by atoms with van der Waals surface area (Å²) < 4.78 is 5.06. The zero-order valence-corrected chi connectivity index (χ0v) is 17.7. The minimum atomic E-state index is -0.268. The molecule has 1 fully saturated rings. The van der Waals surface area contributed by atoms with Crippen molar-refractivity contribution in [2.45, 2.75) is 29.7 Å². The quantitative estimate of drug-likeness (QED) is 0.763. The second-order valence-electron chi connectivity index (χ2n) is 6.97. The van der Waals surface area contributed by atoms with Crippen molar-refractivity contribution in [3.63, 3.8) is 0 Å². The fraction of sp³-hybridized carbons (Fsp3) is 0.364. The number of rotatable bonds is 6. The number of amides is 2. The van der Waals surface area contributed by atoms with Crippen molar-refractivity contribution in [1.82, 2.24) is 4.90 Å². The van der Waals surface area contributed by atoms with Crippen molar-refractivity contribution in [2.75, 3.05) is 38.1 Å². The average Bonchev–Trinajstić information content (AvgIpc) is 2.75. The van der Waals surface area contributed by atoms with Crippen LogP contribution in [0.25, 0.3) is 0 Å². The lowest BCUT2D eigenvalue weighted by atomic mass is 10.2. The van der Waals surface area contributed by atoms with Gasteiger partial charge in [0.2, 0.25) is 0 Å². The molecule has 1 aliphatic rings. The summed E-state index contributed by atoms with van der Waals surface area (Å²) in [6.45, 7) is 6.79. The number of hydrogen-bond acceptors (Lipinski definition) is 4. The molecule has 1 aliphatic heterocycles. The van der Waals surface area contributed by atoms with Crippen LogP contribution in [0.1, 0.15) is 13.8 Å². The monoisotopic (exact) mass is 414 g/mol. The molecule has 2 amide bonds. The normalized spacial score (nSPS) is 15.6. The van der Waals surface area contributed by atoms with Gasteiger partial charge in [-0.2, -0.15) is 0 Å². The lowest BCUT2D eigenvalue weighted by Crippen LogP contribution is -3.19. The Kier molecular flexibility index (Phi) is 7.55. The molecule has 7 heteroatoms. The number of nitrogens with one attached hydrogen (secondary N) is 2. The minimum absolute atomic E-state index is 0.00861. The van der Waals surface area contributed by atoms with Gasteiger partial charge < -0.3 is 15.0 Å². The molecule has 154 valence electrons. The molecular formula is C22H28N3O3S+. The highest BCUT2D eigenvalue weighted by molar-refractivity contribution is 7.99. The summed E-state index contributed by atoms with van der Waals surface area (Å²) >= 11 is 1.63. The molecule has 2 aromatic rings. The van der Waals surface area contributed by atoms with Gasteiger partial charge in [0, 0.05) is 9.79 Å². The summed E-state index contributed by atoms with van der Waals surface area (Å²) in [7, 11) is 0. The highest BCUT2D eigenvalue weighted by Gasteiger charge is 2.31. The molecule has 0 saturated carbocycles. The van der Waals surface area contributed by atoms with E-state index in [2.05, 4.69) is 17.4 Å². The summed E-state index contributed by atoms with van der Waals surface area (Å²) in [6.07, 6.45) is -0.268. The number of anilines is 1. The first-order valence-corrected chi connectivity index (χ1v) is 10.8. The van der Waals surface area contributed by atoms with Crippen LogP contribution in [0, 0.1) is 0 Å². The second-order valence-corrected chi connectivity index (χ2v) is 8.08. The average molecular weight is 415 g/mol. The first kappa shape index (κ1) is 21.2. The molecule has 2 aromatic carbocycles. The van der Waals surface area contributed by atoms with Crippen LogP contribution in [-0.4, -0.2) is 55.7 Å². The Labute approximate surface area is 176 Å². The lowest BCUT2D eigenvalue weighted by Gasteiger charge is -2.34. The van der Waals surface area contributed by atoms with Gasteiger partial charge in [-0.25, -0.2) is 4.79 Å². The van der Waals surface area contributed by atoms with Crippen LogP contribution >= 0.6 is 11.8 Å². The van der Waals surface area contributed by atoms with E-state index in [0.29, 0.717) is 19.7 Å². The molecule has 1 saturated heterocycles. The third kappa shape index (κ3) is 5.74. The Morgan fingerprint density at radius 2 is 1.76 bits per heavy atom. The van der Waals surface area contributed by atoms with Crippen molar-refractivity contribution in [2.24, 2.45) is 0 Å². The molecule has 0 bridgehead atoms. The van der Waals surface area contributed by atoms with E-state index in [1.807, 2.05) is 49.4 Å². The Morgan fingerprint density at radius 3 is 2.45 bits per heavy atom. The van der Waals surface area contributed by atoms with Gasteiger partial charge in [-0.1, -0.05) is 42.1 Å². The van der Waals surface area contributed by atoms with Crippen molar-refractivity contribution in [3.05, 3.63) is 54.6 Å². The molecule has 0 spiro atoms. The Morgan fingerprint density at radius 1 is 1.10 bits per heavy atom. The number of quaternary nitrogens is 1. The van der Waals surface area contributed by atoms with E-state index < -0.39 is 0 Å². The van der Waals surface area contributed by atoms with Gasteiger partial charge in [-0.15, -0.1) is 0 Å². The maximum atomic E-state index is 12.9. The van der Waals surface area contributed by atoms with E-state index in [9.17, 15) is 9.59 Å². The van der Waals surface area contributed by atoms with E-state index in [1.165, 1.54) is 4.90 Å². The highest BCUT2D eigenvalue weighted by atomic mass is 32.2. The molecule has 0 aromatic heterocycles. The standard InChI is InChI=1S/C22H27N3O3S/c1-3-28-22(27)25-15-13-24(14-16-25)17(2)21(26)23-19-11-7-8-12-20(19)29-18-9-5-4-6-10-18/h4-12,17H,3,13-16H2,1-2H3,(H,23,26)/p+1/t17-/m0/s1. The summed E-state index contributed by atoms with van der Waals surface area (Å²) in [5, 5.41) is 3.10. The Balaban J connectivity index is 1.59. The predicted molar refractivity (Wildman–Crippen MR) is 114 cm³/mol. The molecular weight excluding hydrogens is 386 g/mol. The fourth-order valence-electron chi connectivity index (χ4n) is 3.33. The molecule has 3 rings (SSSR count). The van der Waals surface area contributed by atoms with E-state index in [1.54, 1.807) is 23.6 Å². The van der Waals surface area contributed by atoms with Gasteiger partial charge >= 0.3 is 6.09 Å². The number of hydrogen-bond donors (Lipinski definition) is 2. The zero-order chi connectivity index (χ0) is 20.6. The SMILES string of the molecule is CCOC(=O)N1CC[NH+]([C@@H](C)C(=O)Nc2ccccc2Sc2ccccc2)CC1. The number of para-hydroxylation sites is 1. The van der Waals surface area contributed by atoms with Crippen molar-refractivity contribution < 1.29 is 19.2 Å². The van der Waals surface area contributed by atoms with Gasteiger partial charge in [-0.3, -0.25) is 9.69 Å². The molecule has 1 heterocycles. The summed E-state index contributed by atoms with van der Waals surface area (Å²) in [5.74, 6) is -0.00861. The first-order valence-electron chi connectivity index (χ1n) is 9.97. The molecule has 2 N–H and O–H groups in total. The third-order valence-corrected chi connectivity index (χ3v) is 6.14. The highest BCUT2D eigenvalue weighted by Crippen LogP contribution is 2.33. The molecule has 0 aliphatic carbocycles. The molecule has 0 unspecified atom stereocenters. The number of carbonyl (C=O) groups excluding carboxylic acids is 2. The summed E-state index contributed by atoms with van der Waals surface area (Å²) in [6, 6.07) is 17.8. The van der Waals surface area contributed by atoms with Crippen LogP contribution in [0.15, 0.2) is 64.4 Å². The number of benzene rings is 2. The maximum Gasteiger partial charge on any atom is 0.410 e. The smallest absolute Gasteiger partial charge is 0.410 e. The van der Waals surface area contributed by atoms with Crippen LogP contribution < -0.4 is 10.2 Å². The Hall–Kier alpha value is -2.51. The van der Waals surface area contributed by atoms with Crippen LogP contribution in [-0.2, 0) is 9.53 Å². The second kappa shape index (κ2) is 10.3. The number of nitrogens with zero attached hydrogens (tertiary/aromatic N) is 1. The lowest BCUT2D eigenvalue weighted by molar-refractivity contribution is -0.917. The van der Waals surface area contributed by atoms with Crippen molar-refractivity contribution >= 4 is 29.4 Å². The molecule has 1 atom stereocenters. The van der Waals surface area contributed by atoms with Crippen LogP contribution in [0.4, 0.5) is 10.5 Å². The van der Waals surface area contributed by atoms with Crippen molar-refractivity contribution in [3.8, 4) is 0 Å².